The number of H-pyrrole nitrogens is 1. The third-order valence-electron chi connectivity index (χ3n) is 4.12. The molecule has 2 heterocycles. The van der Waals surface area contributed by atoms with E-state index in [9.17, 15) is 4.79 Å². The Kier molecular flexibility index (Phi) is 4.55. The van der Waals surface area contributed by atoms with E-state index in [1.807, 2.05) is 25.1 Å². The van der Waals surface area contributed by atoms with E-state index in [1.54, 1.807) is 28.8 Å². The molecule has 136 valence electrons. The number of hydrogen-bond donors (Lipinski definition) is 1. The van der Waals surface area contributed by atoms with Gasteiger partial charge in [0.25, 0.3) is 0 Å². The fourth-order valence-corrected chi connectivity index (χ4v) is 3.20. The van der Waals surface area contributed by atoms with Crippen LogP contribution in [0.2, 0.25) is 5.02 Å². The van der Waals surface area contributed by atoms with Crippen LogP contribution in [0.1, 0.15) is 11.4 Å². The molecule has 0 spiro atoms. The molecule has 6 nitrogen and oxygen atoms in total. The van der Waals surface area contributed by atoms with E-state index in [-0.39, 0.29) is 12.2 Å². The van der Waals surface area contributed by atoms with Crippen LogP contribution in [0.15, 0.2) is 57.7 Å². The molecule has 2 aromatic carbocycles. The molecule has 0 aliphatic rings. The van der Waals surface area contributed by atoms with Crippen molar-refractivity contribution in [1.29, 1.82) is 0 Å². The molecule has 0 saturated carbocycles. The third kappa shape index (κ3) is 3.51. The first kappa shape index (κ1) is 17.5. The Morgan fingerprint density at radius 3 is 2.78 bits per heavy atom. The molecule has 0 saturated heterocycles. The van der Waals surface area contributed by atoms with Crippen molar-refractivity contribution >= 4 is 34.8 Å². The van der Waals surface area contributed by atoms with Crippen LogP contribution in [0.5, 0.6) is 5.75 Å². The number of nitrogens with one attached hydrogen (secondary N) is 1. The zero-order valence-corrected chi connectivity index (χ0v) is 15.8. The number of rotatable bonds is 4. The smallest absolute Gasteiger partial charge is 0.336 e. The van der Waals surface area contributed by atoms with Gasteiger partial charge in [0.15, 0.2) is 10.6 Å². The number of ether oxygens (including phenoxy) is 1. The summed E-state index contributed by atoms with van der Waals surface area (Å²) in [6.07, 6.45) is 0. The lowest BCUT2D eigenvalue weighted by Crippen LogP contribution is -2.06. The molecule has 2 aromatic heterocycles. The summed E-state index contributed by atoms with van der Waals surface area (Å²) in [5.74, 6) is 1.26. The molecule has 8 heteroatoms. The van der Waals surface area contributed by atoms with Crippen molar-refractivity contribution in [2.24, 2.45) is 0 Å². The Labute approximate surface area is 164 Å². The van der Waals surface area contributed by atoms with Crippen LogP contribution in [-0.2, 0) is 6.61 Å². The Morgan fingerprint density at radius 1 is 1.22 bits per heavy atom. The van der Waals surface area contributed by atoms with E-state index in [1.165, 1.54) is 6.07 Å². The quantitative estimate of drug-likeness (QED) is 0.401. The summed E-state index contributed by atoms with van der Waals surface area (Å²) in [5.41, 5.74) is 1.83. The highest BCUT2D eigenvalue weighted by molar-refractivity contribution is 7.71. The zero-order chi connectivity index (χ0) is 19.0. The molecule has 4 rings (SSSR count). The summed E-state index contributed by atoms with van der Waals surface area (Å²) < 4.78 is 13.3. The summed E-state index contributed by atoms with van der Waals surface area (Å²) in [5, 5.41) is 8.50. The maximum Gasteiger partial charge on any atom is 0.336 e. The highest BCUT2D eigenvalue weighted by Gasteiger charge is 2.10. The van der Waals surface area contributed by atoms with Crippen molar-refractivity contribution < 1.29 is 9.15 Å². The minimum Gasteiger partial charge on any atom is -0.486 e. The first-order valence-corrected chi connectivity index (χ1v) is 8.89. The van der Waals surface area contributed by atoms with Crippen LogP contribution in [0.3, 0.4) is 0 Å². The van der Waals surface area contributed by atoms with E-state index < -0.39 is 0 Å². The lowest BCUT2D eigenvalue weighted by Gasteiger charge is -2.10. The highest BCUT2D eigenvalue weighted by Crippen LogP contribution is 2.23. The van der Waals surface area contributed by atoms with Crippen molar-refractivity contribution in [3.8, 4) is 11.4 Å². The zero-order valence-electron chi connectivity index (χ0n) is 14.2. The standard InChI is InChI=1S/C19H14ClN3O3S/c1-11-8-18(24)26-16-7-6-14(9-15(11)16)25-10-17-21-22-19(27)23(17)13-4-2-12(20)3-5-13/h2-9H,10H2,1H3,(H,22,27). The van der Waals surface area contributed by atoms with Gasteiger partial charge >= 0.3 is 5.63 Å². The molecule has 0 amide bonds. The van der Waals surface area contributed by atoms with Crippen molar-refractivity contribution in [2.45, 2.75) is 13.5 Å². The lowest BCUT2D eigenvalue weighted by molar-refractivity contribution is 0.293. The number of benzene rings is 2. The lowest BCUT2D eigenvalue weighted by atomic mass is 10.1. The Morgan fingerprint density at radius 2 is 2.00 bits per heavy atom. The SMILES string of the molecule is Cc1cc(=O)oc2ccc(OCc3n[nH]c(=S)n3-c3ccc(Cl)cc3)cc12. The van der Waals surface area contributed by atoms with Crippen molar-refractivity contribution in [2.75, 3.05) is 0 Å². The largest absolute Gasteiger partial charge is 0.486 e. The topological polar surface area (TPSA) is 73.1 Å². The van der Waals surface area contributed by atoms with Crippen LogP contribution in [0.4, 0.5) is 0 Å². The molecule has 4 aromatic rings. The fourth-order valence-electron chi connectivity index (χ4n) is 2.82. The summed E-state index contributed by atoms with van der Waals surface area (Å²) >= 11 is 11.3. The van der Waals surface area contributed by atoms with Gasteiger partial charge in [0, 0.05) is 22.2 Å². The van der Waals surface area contributed by atoms with Crippen LogP contribution < -0.4 is 10.4 Å². The van der Waals surface area contributed by atoms with Gasteiger partial charge in [-0.15, -0.1) is 0 Å². The Hall–Kier alpha value is -2.90. The number of aryl methyl sites for hydroxylation is 1. The second-order valence-electron chi connectivity index (χ2n) is 5.95. The van der Waals surface area contributed by atoms with E-state index >= 15 is 0 Å². The predicted octanol–water partition coefficient (Wildman–Crippen LogP) is 4.58. The van der Waals surface area contributed by atoms with Crippen molar-refractivity contribution in [1.82, 2.24) is 14.8 Å². The van der Waals surface area contributed by atoms with Gasteiger partial charge in [-0.2, -0.15) is 5.10 Å². The fraction of sp³-hybridized carbons (Fsp3) is 0.105. The maximum atomic E-state index is 11.5. The number of nitrogens with zero attached hydrogens (tertiary/aromatic N) is 2. The second kappa shape index (κ2) is 7.02. The molecule has 0 radical (unpaired) electrons. The van der Waals surface area contributed by atoms with Crippen molar-refractivity contribution in [3.05, 3.63) is 80.1 Å². The van der Waals surface area contributed by atoms with Crippen LogP contribution in [0.25, 0.3) is 16.7 Å². The molecule has 1 N–H and O–H groups in total. The molecule has 0 aliphatic heterocycles. The number of aromatic amines is 1. The van der Waals surface area contributed by atoms with Crippen LogP contribution in [0, 0.1) is 11.7 Å². The molecular weight excluding hydrogens is 386 g/mol. The summed E-state index contributed by atoms with van der Waals surface area (Å²) in [6, 6.07) is 14.1. The molecule has 0 aliphatic carbocycles. The van der Waals surface area contributed by atoms with E-state index in [2.05, 4.69) is 10.2 Å². The van der Waals surface area contributed by atoms with Gasteiger partial charge in [-0.1, -0.05) is 11.6 Å². The maximum absolute atomic E-state index is 11.5. The summed E-state index contributed by atoms with van der Waals surface area (Å²) in [6.45, 7) is 2.06. The summed E-state index contributed by atoms with van der Waals surface area (Å²) in [7, 11) is 0. The summed E-state index contributed by atoms with van der Waals surface area (Å²) in [4.78, 5) is 11.5. The molecule has 0 atom stereocenters. The van der Waals surface area contributed by atoms with Gasteiger partial charge in [0.2, 0.25) is 0 Å². The minimum absolute atomic E-state index is 0.205. The first-order valence-electron chi connectivity index (χ1n) is 8.11. The number of fused-ring (bicyclic) bond motifs is 1. The number of hydrogen-bond acceptors (Lipinski definition) is 5. The number of halogens is 1. The average molecular weight is 400 g/mol. The third-order valence-corrected chi connectivity index (χ3v) is 4.64. The van der Waals surface area contributed by atoms with E-state index in [0.29, 0.717) is 27.0 Å². The van der Waals surface area contributed by atoms with Crippen LogP contribution in [-0.4, -0.2) is 14.8 Å². The van der Waals surface area contributed by atoms with Gasteiger partial charge in [-0.3, -0.25) is 9.67 Å². The predicted molar refractivity (Wildman–Crippen MR) is 105 cm³/mol. The second-order valence-corrected chi connectivity index (χ2v) is 6.78. The van der Waals surface area contributed by atoms with Gasteiger partial charge in [0.05, 0.1) is 0 Å². The first-order chi connectivity index (χ1) is 13.0. The normalized spacial score (nSPS) is 11.0. The molecule has 27 heavy (non-hydrogen) atoms. The molecular formula is C19H14ClN3O3S. The Bertz CT molecular complexity index is 1240. The van der Waals surface area contributed by atoms with Crippen LogP contribution >= 0.6 is 23.8 Å². The average Bonchev–Trinajstić information content (AvgIpc) is 3.01. The van der Waals surface area contributed by atoms with Gasteiger partial charge in [0.1, 0.15) is 17.9 Å². The minimum atomic E-state index is -0.368. The van der Waals surface area contributed by atoms with E-state index in [0.717, 1.165) is 16.6 Å². The van der Waals surface area contributed by atoms with E-state index in [4.69, 9.17) is 33.0 Å². The highest BCUT2D eigenvalue weighted by atomic mass is 35.5. The van der Waals surface area contributed by atoms with Gasteiger partial charge in [-0.05, 0) is 67.2 Å². The van der Waals surface area contributed by atoms with Crippen molar-refractivity contribution in [3.63, 3.8) is 0 Å². The number of aromatic nitrogens is 3. The molecule has 0 bridgehead atoms. The van der Waals surface area contributed by atoms with Gasteiger partial charge < -0.3 is 9.15 Å². The molecule has 0 fully saturated rings. The van der Waals surface area contributed by atoms with Gasteiger partial charge in [-0.25, -0.2) is 4.79 Å². The molecule has 0 unspecified atom stereocenters. The monoisotopic (exact) mass is 399 g/mol. The Balaban J connectivity index is 1.63.